The molecule has 0 aliphatic rings. The lowest BCUT2D eigenvalue weighted by Gasteiger charge is -2.22. The molecule has 4 heteroatoms. The molecule has 0 fully saturated rings. The Morgan fingerprint density at radius 3 is 2.04 bits per heavy atom. The number of rotatable bonds is 13. The van der Waals surface area contributed by atoms with Crippen LogP contribution in [0.25, 0.3) is 0 Å². The van der Waals surface area contributed by atoms with Gasteiger partial charge in [0.1, 0.15) is 0 Å². The molecule has 0 rings (SSSR count). The van der Waals surface area contributed by atoms with Gasteiger partial charge >= 0.3 is 11.9 Å². The number of esters is 2. The first-order valence-electron chi connectivity index (χ1n) is 9.24. The van der Waals surface area contributed by atoms with E-state index < -0.39 is 17.4 Å². The van der Waals surface area contributed by atoms with E-state index in [1.807, 2.05) is 0 Å². The van der Waals surface area contributed by atoms with Gasteiger partial charge in [0, 0.05) is 0 Å². The van der Waals surface area contributed by atoms with E-state index >= 15 is 0 Å². The van der Waals surface area contributed by atoms with E-state index in [-0.39, 0.29) is 0 Å². The number of hydrogen-bond acceptors (Lipinski definition) is 4. The second-order valence-electron chi connectivity index (χ2n) is 6.84. The van der Waals surface area contributed by atoms with E-state index in [4.69, 9.17) is 9.47 Å². The number of unbranched alkanes of at least 4 members (excludes halogenated alkanes) is 4. The molecule has 0 aromatic heterocycles. The Morgan fingerprint density at radius 2 is 1.48 bits per heavy atom. The predicted molar refractivity (Wildman–Crippen MR) is 93.1 cm³/mol. The van der Waals surface area contributed by atoms with E-state index in [0.29, 0.717) is 19.1 Å². The fraction of sp³-hybridized carbons (Fsp3) is 0.895. The monoisotopic (exact) mass is 328 g/mol. The minimum atomic E-state index is -1.23. The molecule has 0 aliphatic heterocycles. The molecule has 0 amide bonds. The van der Waals surface area contributed by atoms with Crippen molar-refractivity contribution in [2.45, 2.75) is 86.0 Å². The molecule has 0 spiro atoms. The molecule has 1 unspecified atom stereocenters. The van der Waals surface area contributed by atoms with Gasteiger partial charge in [-0.25, -0.2) is 0 Å². The van der Waals surface area contributed by atoms with Crippen LogP contribution in [0.1, 0.15) is 86.0 Å². The average Bonchev–Trinajstić information content (AvgIpc) is 2.54. The summed E-state index contributed by atoms with van der Waals surface area (Å²) in [4.78, 5) is 24.3. The molecule has 0 saturated heterocycles. The maximum absolute atomic E-state index is 12.2. The summed E-state index contributed by atoms with van der Waals surface area (Å²) in [6.45, 7) is 10.3. The number of hydrogen-bond donors (Lipinski definition) is 0. The summed E-state index contributed by atoms with van der Waals surface area (Å²) >= 11 is 0. The van der Waals surface area contributed by atoms with Crippen LogP contribution in [-0.4, -0.2) is 25.2 Å². The van der Waals surface area contributed by atoms with Crippen molar-refractivity contribution in [3.05, 3.63) is 0 Å². The third-order valence-electron chi connectivity index (χ3n) is 4.25. The summed E-state index contributed by atoms with van der Waals surface area (Å²) in [5, 5.41) is 0. The topological polar surface area (TPSA) is 52.6 Å². The van der Waals surface area contributed by atoms with E-state index in [9.17, 15) is 9.59 Å². The van der Waals surface area contributed by atoms with Gasteiger partial charge in [-0.2, -0.15) is 0 Å². The second-order valence-corrected chi connectivity index (χ2v) is 6.84. The van der Waals surface area contributed by atoms with Gasteiger partial charge in [-0.1, -0.05) is 59.3 Å². The van der Waals surface area contributed by atoms with Crippen molar-refractivity contribution < 1.29 is 19.1 Å². The molecule has 0 radical (unpaired) electrons. The van der Waals surface area contributed by atoms with Crippen LogP contribution in [0.5, 0.6) is 0 Å². The van der Waals surface area contributed by atoms with Gasteiger partial charge in [-0.05, 0) is 32.6 Å². The van der Waals surface area contributed by atoms with Crippen LogP contribution in [0.2, 0.25) is 0 Å². The summed E-state index contributed by atoms with van der Waals surface area (Å²) in [7, 11) is 0. The van der Waals surface area contributed by atoms with Crippen molar-refractivity contribution in [2.24, 2.45) is 11.3 Å². The molecule has 4 nitrogen and oxygen atoms in total. The summed E-state index contributed by atoms with van der Waals surface area (Å²) < 4.78 is 10.6. The predicted octanol–water partition coefficient (Wildman–Crippen LogP) is 4.90. The zero-order valence-electron chi connectivity index (χ0n) is 15.8. The molecule has 0 saturated carbocycles. The molecule has 136 valence electrons. The van der Waals surface area contributed by atoms with E-state index in [1.54, 1.807) is 13.8 Å². The molecule has 0 aromatic carbocycles. The highest BCUT2D eigenvalue weighted by atomic mass is 16.6. The SMILES string of the molecule is CCCCCCOC(=O)C(C)(C)C(=O)OCC(CC)CCCC. The summed E-state index contributed by atoms with van der Waals surface area (Å²) in [6.07, 6.45) is 8.49. The molecule has 23 heavy (non-hydrogen) atoms. The van der Waals surface area contributed by atoms with Crippen LogP contribution in [0.15, 0.2) is 0 Å². The van der Waals surface area contributed by atoms with Crippen LogP contribution >= 0.6 is 0 Å². The summed E-state index contributed by atoms with van der Waals surface area (Å²) in [5.74, 6) is -0.591. The molecule has 0 bridgehead atoms. The number of ether oxygens (including phenoxy) is 2. The Kier molecular flexibility index (Phi) is 11.8. The highest BCUT2D eigenvalue weighted by Gasteiger charge is 2.39. The Hall–Kier alpha value is -1.06. The Morgan fingerprint density at radius 1 is 0.870 bits per heavy atom. The third kappa shape index (κ3) is 8.97. The highest BCUT2D eigenvalue weighted by molar-refractivity contribution is 5.99. The molecule has 1 atom stereocenters. The average molecular weight is 328 g/mol. The van der Waals surface area contributed by atoms with Gasteiger partial charge in [0.15, 0.2) is 5.41 Å². The molecular formula is C19H36O4. The third-order valence-corrected chi connectivity index (χ3v) is 4.25. The van der Waals surface area contributed by atoms with E-state index in [2.05, 4.69) is 20.8 Å². The van der Waals surface area contributed by atoms with Crippen molar-refractivity contribution in [2.75, 3.05) is 13.2 Å². The van der Waals surface area contributed by atoms with Crippen LogP contribution in [-0.2, 0) is 19.1 Å². The van der Waals surface area contributed by atoms with Crippen molar-refractivity contribution >= 4 is 11.9 Å². The zero-order valence-corrected chi connectivity index (χ0v) is 15.8. The first-order chi connectivity index (χ1) is 10.9. The second kappa shape index (κ2) is 12.4. The van der Waals surface area contributed by atoms with E-state index in [1.165, 1.54) is 0 Å². The largest absolute Gasteiger partial charge is 0.465 e. The summed E-state index contributed by atoms with van der Waals surface area (Å²) in [6, 6.07) is 0. The van der Waals surface area contributed by atoms with Gasteiger partial charge in [-0.3, -0.25) is 9.59 Å². The minimum absolute atomic E-state index is 0.375. The minimum Gasteiger partial charge on any atom is -0.465 e. The first kappa shape index (κ1) is 21.9. The lowest BCUT2D eigenvalue weighted by atomic mass is 9.93. The lowest BCUT2D eigenvalue weighted by Crippen LogP contribution is -2.37. The van der Waals surface area contributed by atoms with Gasteiger partial charge in [0.25, 0.3) is 0 Å². The molecule has 0 N–H and O–H groups in total. The summed E-state index contributed by atoms with van der Waals surface area (Å²) in [5.41, 5.74) is -1.23. The molecule has 0 aliphatic carbocycles. The fourth-order valence-electron chi connectivity index (χ4n) is 2.23. The van der Waals surface area contributed by atoms with Gasteiger partial charge < -0.3 is 9.47 Å². The normalized spacial score (nSPS) is 12.7. The van der Waals surface area contributed by atoms with Crippen molar-refractivity contribution in [1.29, 1.82) is 0 Å². The van der Waals surface area contributed by atoms with Crippen LogP contribution in [0.3, 0.4) is 0 Å². The maximum atomic E-state index is 12.2. The number of carbonyl (C=O) groups is 2. The molecular weight excluding hydrogens is 292 g/mol. The molecule has 0 heterocycles. The fourth-order valence-corrected chi connectivity index (χ4v) is 2.23. The van der Waals surface area contributed by atoms with Gasteiger partial charge in [0.2, 0.25) is 0 Å². The smallest absolute Gasteiger partial charge is 0.322 e. The van der Waals surface area contributed by atoms with Gasteiger partial charge in [-0.15, -0.1) is 0 Å². The standard InChI is InChI=1S/C19H36O4/c1-6-9-11-12-14-22-17(20)19(4,5)18(21)23-15-16(8-3)13-10-7-2/h16H,6-15H2,1-5H3. The highest BCUT2D eigenvalue weighted by Crippen LogP contribution is 2.22. The van der Waals surface area contributed by atoms with Crippen LogP contribution in [0, 0.1) is 11.3 Å². The quantitative estimate of drug-likeness (QED) is 0.274. The van der Waals surface area contributed by atoms with Crippen molar-refractivity contribution in [3.63, 3.8) is 0 Å². The first-order valence-corrected chi connectivity index (χ1v) is 9.24. The Labute approximate surface area is 142 Å². The van der Waals surface area contributed by atoms with Crippen LogP contribution < -0.4 is 0 Å². The van der Waals surface area contributed by atoms with Crippen molar-refractivity contribution in [1.82, 2.24) is 0 Å². The maximum Gasteiger partial charge on any atom is 0.322 e. The van der Waals surface area contributed by atoms with E-state index in [0.717, 1.165) is 51.4 Å². The lowest BCUT2D eigenvalue weighted by molar-refractivity contribution is -0.170. The zero-order chi connectivity index (χ0) is 17.7. The van der Waals surface area contributed by atoms with Crippen molar-refractivity contribution in [3.8, 4) is 0 Å². The Bertz CT molecular complexity index is 336. The molecule has 0 aromatic rings. The Balaban J connectivity index is 4.22. The van der Waals surface area contributed by atoms with Crippen LogP contribution in [0.4, 0.5) is 0 Å². The van der Waals surface area contributed by atoms with Gasteiger partial charge in [0.05, 0.1) is 13.2 Å². The number of carbonyl (C=O) groups excluding carboxylic acids is 2.